The molecule has 19 heavy (non-hydrogen) atoms. The van der Waals surface area contributed by atoms with Crippen molar-refractivity contribution in [1.29, 1.82) is 0 Å². The van der Waals surface area contributed by atoms with Gasteiger partial charge < -0.3 is 9.84 Å². The first kappa shape index (κ1) is 15.8. The molecule has 0 fully saturated rings. The molecule has 106 valence electrons. The average molecular weight is 305 g/mol. The molecule has 8 heteroatoms. The normalized spacial score (nSPS) is 12.1. The molecule has 1 heterocycles. The summed E-state index contributed by atoms with van der Waals surface area (Å²) in [5.74, 6) is -1.10. The van der Waals surface area contributed by atoms with Crippen LogP contribution in [0.15, 0.2) is 18.2 Å². The highest BCUT2D eigenvalue weighted by Gasteiger charge is 2.09. The molecular formula is C11H15NO5S2. The van der Waals surface area contributed by atoms with Crippen molar-refractivity contribution in [3.8, 4) is 0 Å². The van der Waals surface area contributed by atoms with Crippen molar-refractivity contribution >= 4 is 33.4 Å². The summed E-state index contributed by atoms with van der Waals surface area (Å²) in [7, 11) is -1.90. The fraction of sp³-hybridized carbons (Fsp3) is 0.364. The molecule has 0 spiro atoms. The van der Waals surface area contributed by atoms with Gasteiger partial charge in [-0.2, -0.15) is 0 Å². The lowest BCUT2D eigenvalue weighted by molar-refractivity contribution is -0.131. The van der Waals surface area contributed by atoms with Crippen LogP contribution < -0.4 is 4.72 Å². The molecule has 0 aliphatic rings. The number of rotatable bonds is 8. The number of carboxylic acids is 1. The lowest BCUT2D eigenvalue weighted by Crippen LogP contribution is -2.27. The third kappa shape index (κ3) is 6.48. The third-order valence-electron chi connectivity index (χ3n) is 2.10. The number of carboxylic acid groups (broad SMARTS) is 1. The van der Waals surface area contributed by atoms with Crippen LogP contribution in [0.3, 0.4) is 0 Å². The number of hydrogen-bond acceptors (Lipinski definition) is 5. The van der Waals surface area contributed by atoms with E-state index in [1.54, 1.807) is 12.1 Å². The Morgan fingerprint density at radius 1 is 1.53 bits per heavy atom. The van der Waals surface area contributed by atoms with Crippen LogP contribution in [-0.4, -0.2) is 39.0 Å². The number of nitrogens with one attached hydrogen (secondary N) is 1. The Labute approximate surface area is 115 Å². The molecule has 0 atom stereocenters. The molecule has 1 aromatic rings. The third-order valence-corrected chi connectivity index (χ3v) is 4.43. The van der Waals surface area contributed by atoms with E-state index in [0.717, 1.165) is 15.8 Å². The summed E-state index contributed by atoms with van der Waals surface area (Å²) in [6, 6.07) is 3.49. The Morgan fingerprint density at radius 2 is 2.26 bits per heavy atom. The van der Waals surface area contributed by atoms with Gasteiger partial charge in [-0.05, 0) is 18.2 Å². The smallest absolute Gasteiger partial charge is 0.328 e. The number of thiophene rings is 1. The minimum Gasteiger partial charge on any atom is -0.478 e. The van der Waals surface area contributed by atoms with Crippen molar-refractivity contribution < 1.29 is 23.1 Å². The largest absolute Gasteiger partial charge is 0.478 e. The minimum atomic E-state index is -3.34. The molecule has 0 radical (unpaired) electrons. The standard InChI is InChI=1S/C11H15NO5S2/c1-17-6-7-19(15,16)12-8-10-3-2-9(18-10)4-5-11(13)14/h2-5,12H,6-8H2,1H3,(H,13,14). The molecule has 0 aromatic carbocycles. The maximum absolute atomic E-state index is 11.5. The second kappa shape index (κ2) is 7.39. The molecule has 0 bridgehead atoms. The van der Waals surface area contributed by atoms with E-state index in [4.69, 9.17) is 9.84 Å². The molecule has 0 amide bonds. The summed E-state index contributed by atoms with van der Waals surface area (Å²) in [5, 5.41) is 8.49. The number of sulfonamides is 1. The van der Waals surface area contributed by atoms with Crippen molar-refractivity contribution in [1.82, 2.24) is 4.72 Å². The molecule has 0 aliphatic carbocycles. The summed E-state index contributed by atoms with van der Waals surface area (Å²) >= 11 is 1.33. The minimum absolute atomic E-state index is 0.0827. The summed E-state index contributed by atoms with van der Waals surface area (Å²) < 4.78 is 30.2. The monoisotopic (exact) mass is 305 g/mol. The van der Waals surface area contributed by atoms with Crippen LogP contribution in [0.4, 0.5) is 0 Å². The Morgan fingerprint density at radius 3 is 2.89 bits per heavy atom. The quantitative estimate of drug-likeness (QED) is 0.696. The number of ether oxygens (including phenoxy) is 1. The molecule has 0 saturated carbocycles. The molecule has 0 aliphatic heterocycles. The average Bonchev–Trinajstić information content (AvgIpc) is 2.80. The number of hydrogen-bond donors (Lipinski definition) is 2. The molecule has 6 nitrogen and oxygen atoms in total. The first-order valence-corrected chi connectivity index (χ1v) is 7.86. The Kier molecular flexibility index (Phi) is 6.16. The lowest BCUT2D eigenvalue weighted by Gasteiger charge is -2.04. The Hall–Kier alpha value is -1.22. The van der Waals surface area contributed by atoms with E-state index in [0.29, 0.717) is 0 Å². The second-order valence-electron chi connectivity index (χ2n) is 3.61. The molecule has 0 saturated heterocycles. The van der Waals surface area contributed by atoms with Crippen molar-refractivity contribution in [3.05, 3.63) is 28.0 Å². The van der Waals surface area contributed by atoms with Gasteiger partial charge in [-0.25, -0.2) is 17.9 Å². The van der Waals surface area contributed by atoms with Gasteiger partial charge in [-0.3, -0.25) is 0 Å². The maximum Gasteiger partial charge on any atom is 0.328 e. The SMILES string of the molecule is COCCS(=O)(=O)NCc1ccc(C=CC(=O)O)s1. The Balaban J connectivity index is 2.53. The van der Waals surface area contributed by atoms with E-state index in [-0.39, 0.29) is 18.9 Å². The van der Waals surface area contributed by atoms with Gasteiger partial charge in [0.15, 0.2) is 0 Å². The summed E-state index contributed by atoms with van der Waals surface area (Å²) in [4.78, 5) is 11.9. The molecular weight excluding hydrogens is 290 g/mol. The summed E-state index contributed by atoms with van der Waals surface area (Å²) in [5.41, 5.74) is 0. The number of methoxy groups -OCH3 is 1. The molecule has 2 N–H and O–H groups in total. The van der Waals surface area contributed by atoms with Gasteiger partial charge in [0.2, 0.25) is 10.0 Å². The fourth-order valence-electron chi connectivity index (χ4n) is 1.18. The number of aliphatic carboxylic acids is 1. The van der Waals surface area contributed by atoms with Gasteiger partial charge >= 0.3 is 5.97 Å². The zero-order valence-corrected chi connectivity index (χ0v) is 12.0. The van der Waals surface area contributed by atoms with E-state index in [9.17, 15) is 13.2 Å². The Bertz CT molecular complexity index is 547. The van der Waals surface area contributed by atoms with Crippen LogP contribution >= 0.6 is 11.3 Å². The van der Waals surface area contributed by atoms with Crippen LogP contribution in [-0.2, 0) is 26.1 Å². The van der Waals surface area contributed by atoms with Crippen LogP contribution in [0.2, 0.25) is 0 Å². The van der Waals surface area contributed by atoms with Gasteiger partial charge in [-0.15, -0.1) is 11.3 Å². The van der Waals surface area contributed by atoms with Gasteiger partial charge in [0.05, 0.1) is 12.4 Å². The van der Waals surface area contributed by atoms with Crippen molar-refractivity contribution in [2.45, 2.75) is 6.54 Å². The summed E-state index contributed by atoms with van der Waals surface area (Å²) in [6.45, 7) is 0.337. The van der Waals surface area contributed by atoms with Crippen molar-refractivity contribution in [2.75, 3.05) is 19.5 Å². The molecule has 1 rings (SSSR count). The predicted molar refractivity (Wildman–Crippen MR) is 73.5 cm³/mol. The summed E-state index contributed by atoms with van der Waals surface area (Å²) in [6.07, 6.45) is 2.51. The van der Waals surface area contributed by atoms with E-state index >= 15 is 0 Å². The van der Waals surface area contributed by atoms with E-state index < -0.39 is 16.0 Å². The van der Waals surface area contributed by atoms with E-state index in [2.05, 4.69) is 4.72 Å². The highest BCUT2D eigenvalue weighted by molar-refractivity contribution is 7.89. The maximum atomic E-state index is 11.5. The highest BCUT2D eigenvalue weighted by Crippen LogP contribution is 2.17. The topological polar surface area (TPSA) is 92.7 Å². The first-order valence-electron chi connectivity index (χ1n) is 5.39. The van der Waals surface area contributed by atoms with Crippen LogP contribution in [0, 0.1) is 0 Å². The second-order valence-corrected chi connectivity index (χ2v) is 6.73. The number of carbonyl (C=O) groups is 1. The van der Waals surface area contributed by atoms with Gasteiger partial charge in [0.1, 0.15) is 0 Å². The molecule has 1 aromatic heterocycles. The lowest BCUT2D eigenvalue weighted by atomic mass is 10.4. The van der Waals surface area contributed by atoms with Crippen LogP contribution in [0.5, 0.6) is 0 Å². The van der Waals surface area contributed by atoms with E-state index in [1.165, 1.54) is 24.5 Å². The van der Waals surface area contributed by atoms with Gasteiger partial charge in [0, 0.05) is 29.5 Å². The van der Waals surface area contributed by atoms with E-state index in [1.807, 2.05) is 0 Å². The molecule has 0 unspecified atom stereocenters. The van der Waals surface area contributed by atoms with Crippen LogP contribution in [0.25, 0.3) is 6.08 Å². The fourth-order valence-corrected chi connectivity index (χ4v) is 3.03. The van der Waals surface area contributed by atoms with Crippen molar-refractivity contribution in [3.63, 3.8) is 0 Å². The van der Waals surface area contributed by atoms with Gasteiger partial charge in [0.25, 0.3) is 0 Å². The van der Waals surface area contributed by atoms with Crippen molar-refractivity contribution in [2.24, 2.45) is 0 Å². The predicted octanol–water partition coefficient (Wildman–Crippen LogP) is 0.912. The van der Waals surface area contributed by atoms with Gasteiger partial charge in [-0.1, -0.05) is 0 Å². The highest BCUT2D eigenvalue weighted by atomic mass is 32.2. The van der Waals surface area contributed by atoms with Crippen LogP contribution in [0.1, 0.15) is 9.75 Å². The first-order chi connectivity index (χ1) is 8.93. The zero-order chi connectivity index (χ0) is 14.3. The zero-order valence-electron chi connectivity index (χ0n) is 10.3.